The zero-order chi connectivity index (χ0) is 19.4. The topological polar surface area (TPSA) is 59.7 Å². The fourth-order valence-electron chi connectivity index (χ4n) is 2.41. The highest BCUT2D eigenvalue weighted by Crippen LogP contribution is 2.25. The number of hydrogen-bond acceptors (Lipinski definition) is 3. The molecule has 27 heavy (non-hydrogen) atoms. The van der Waals surface area contributed by atoms with Gasteiger partial charge in [0.1, 0.15) is 5.69 Å². The van der Waals surface area contributed by atoms with Crippen molar-refractivity contribution in [2.45, 2.75) is 26.6 Å². The number of benzene rings is 1. The first-order chi connectivity index (χ1) is 13.0. The molecule has 3 rings (SSSR count). The minimum absolute atomic E-state index is 0.424. The van der Waals surface area contributed by atoms with Crippen molar-refractivity contribution >= 4 is 58.0 Å². The van der Waals surface area contributed by atoms with E-state index in [1.165, 1.54) is 0 Å². The van der Waals surface area contributed by atoms with Crippen LogP contribution in [-0.4, -0.2) is 24.7 Å². The first-order valence-corrected chi connectivity index (χ1v) is 9.73. The lowest BCUT2D eigenvalue weighted by atomic mass is 10.2. The molecular weight excluding hydrogens is 427 g/mol. The van der Waals surface area contributed by atoms with Crippen LogP contribution >= 0.6 is 47.0 Å². The number of nitrogens with zero attached hydrogens (tertiary/aromatic N) is 4. The van der Waals surface area contributed by atoms with E-state index in [1.54, 1.807) is 27.7 Å². The van der Waals surface area contributed by atoms with Crippen molar-refractivity contribution in [2.24, 2.45) is 0 Å². The number of anilines is 1. The van der Waals surface area contributed by atoms with E-state index in [0.717, 1.165) is 17.8 Å². The maximum absolute atomic E-state index is 6.20. The van der Waals surface area contributed by atoms with Crippen molar-refractivity contribution in [3.63, 3.8) is 0 Å². The highest BCUT2D eigenvalue weighted by molar-refractivity contribution is 7.80. The highest BCUT2D eigenvalue weighted by Gasteiger charge is 2.09. The average molecular weight is 444 g/mol. The normalized spacial score (nSPS) is 10.8. The third-order valence-corrected chi connectivity index (χ3v) is 5.06. The molecule has 1 aromatic carbocycles. The number of nitrogens with one attached hydrogen (secondary N) is 2. The smallest absolute Gasteiger partial charge is 0.172 e. The van der Waals surface area contributed by atoms with Gasteiger partial charge in [0.05, 0.1) is 18.1 Å². The minimum Gasteiger partial charge on any atom is -0.357 e. The van der Waals surface area contributed by atoms with Crippen LogP contribution in [0.4, 0.5) is 5.82 Å². The van der Waals surface area contributed by atoms with Crippen LogP contribution in [0.15, 0.2) is 36.7 Å². The summed E-state index contributed by atoms with van der Waals surface area (Å²) in [4.78, 5) is 0. The third kappa shape index (κ3) is 5.13. The standard InChI is InChI=1S/C17H17Cl3N6S/c1-2-25-10-14(20)15(23-25)8-21-17(27)22-16-6-7-26(24-16)9-11-12(18)4-3-5-13(11)19/h3-7,10H,2,8-9H2,1H3,(H2,21,22,24,27). The number of aromatic nitrogens is 4. The predicted molar refractivity (Wildman–Crippen MR) is 114 cm³/mol. The molecule has 2 heterocycles. The molecule has 0 unspecified atom stereocenters. The highest BCUT2D eigenvalue weighted by atomic mass is 35.5. The summed E-state index contributed by atoms with van der Waals surface area (Å²) < 4.78 is 3.51. The Morgan fingerprint density at radius 3 is 2.48 bits per heavy atom. The van der Waals surface area contributed by atoms with E-state index in [4.69, 9.17) is 47.0 Å². The molecule has 0 spiro atoms. The maximum atomic E-state index is 6.20. The molecule has 6 nitrogen and oxygen atoms in total. The van der Waals surface area contributed by atoms with E-state index in [9.17, 15) is 0 Å². The van der Waals surface area contributed by atoms with Crippen molar-refractivity contribution in [3.05, 3.63) is 63.0 Å². The van der Waals surface area contributed by atoms with Crippen molar-refractivity contribution < 1.29 is 0 Å². The lowest BCUT2D eigenvalue weighted by Gasteiger charge is -2.08. The molecule has 2 aromatic heterocycles. The lowest BCUT2D eigenvalue weighted by molar-refractivity contribution is 0.643. The monoisotopic (exact) mass is 442 g/mol. The van der Waals surface area contributed by atoms with Gasteiger partial charge >= 0.3 is 0 Å². The molecule has 142 valence electrons. The second-order valence-corrected chi connectivity index (χ2v) is 7.32. The fraction of sp³-hybridized carbons (Fsp3) is 0.235. The zero-order valence-electron chi connectivity index (χ0n) is 14.4. The minimum atomic E-state index is 0.424. The predicted octanol–water partition coefficient (Wildman–Crippen LogP) is 4.59. The van der Waals surface area contributed by atoms with Crippen LogP contribution in [0.5, 0.6) is 0 Å². The Hall–Kier alpha value is -1.80. The van der Waals surface area contributed by atoms with Gasteiger partial charge in [-0.25, -0.2) is 0 Å². The van der Waals surface area contributed by atoms with Crippen LogP contribution in [-0.2, 0) is 19.6 Å². The summed E-state index contributed by atoms with van der Waals surface area (Å²) in [5, 5.41) is 17.1. The van der Waals surface area contributed by atoms with Gasteiger partial charge in [0.2, 0.25) is 0 Å². The van der Waals surface area contributed by atoms with Gasteiger partial charge in [0.15, 0.2) is 10.9 Å². The van der Waals surface area contributed by atoms with Crippen LogP contribution < -0.4 is 10.6 Å². The van der Waals surface area contributed by atoms with Crippen LogP contribution in [0, 0.1) is 0 Å². The number of hydrogen-bond donors (Lipinski definition) is 2. The van der Waals surface area contributed by atoms with Gasteiger partial charge in [-0.15, -0.1) is 0 Å². The van der Waals surface area contributed by atoms with Crippen molar-refractivity contribution in [1.29, 1.82) is 0 Å². The number of aryl methyl sites for hydroxylation is 1. The van der Waals surface area contributed by atoms with Gasteiger partial charge in [0.25, 0.3) is 0 Å². The SMILES string of the molecule is CCn1cc(Cl)c(CNC(=S)Nc2ccn(Cc3c(Cl)cccc3Cl)n2)n1. The lowest BCUT2D eigenvalue weighted by Crippen LogP contribution is -2.28. The molecule has 0 amide bonds. The number of halogens is 3. The first-order valence-electron chi connectivity index (χ1n) is 8.19. The molecule has 0 saturated heterocycles. The van der Waals surface area contributed by atoms with Crippen LogP contribution in [0.3, 0.4) is 0 Å². The number of thiocarbonyl (C=S) groups is 1. The van der Waals surface area contributed by atoms with E-state index < -0.39 is 0 Å². The third-order valence-electron chi connectivity index (χ3n) is 3.79. The summed E-state index contributed by atoms with van der Waals surface area (Å²) in [6, 6.07) is 7.23. The van der Waals surface area contributed by atoms with Gasteiger partial charge in [-0.1, -0.05) is 40.9 Å². The molecular formula is C17H17Cl3N6S. The molecule has 3 aromatic rings. The molecule has 0 saturated carbocycles. The van der Waals surface area contributed by atoms with Crippen molar-refractivity contribution in [1.82, 2.24) is 24.9 Å². The molecule has 0 aliphatic carbocycles. The second kappa shape index (κ2) is 8.93. The summed E-state index contributed by atoms with van der Waals surface area (Å²) in [5.41, 5.74) is 1.55. The van der Waals surface area contributed by atoms with Gasteiger partial charge in [-0.2, -0.15) is 10.2 Å². The Morgan fingerprint density at radius 2 is 1.81 bits per heavy atom. The van der Waals surface area contributed by atoms with Crippen molar-refractivity contribution in [3.8, 4) is 0 Å². The van der Waals surface area contributed by atoms with E-state index in [2.05, 4.69) is 20.8 Å². The first kappa shape index (κ1) is 19.9. The van der Waals surface area contributed by atoms with Crippen LogP contribution in [0.25, 0.3) is 0 Å². The van der Waals surface area contributed by atoms with E-state index in [-0.39, 0.29) is 0 Å². The molecule has 0 aliphatic heterocycles. The Kier molecular flexibility index (Phi) is 6.59. The molecule has 10 heteroatoms. The summed E-state index contributed by atoms with van der Waals surface area (Å²) in [7, 11) is 0. The molecule has 0 fully saturated rings. The summed E-state index contributed by atoms with van der Waals surface area (Å²) in [6.07, 6.45) is 3.61. The quantitative estimate of drug-likeness (QED) is 0.545. The fourth-order valence-corrected chi connectivity index (χ4v) is 3.32. The zero-order valence-corrected chi connectivity index (χ0v) is 17.5. The molecule has 0 bridgehead atoms. The molecule has 0 atom stereocenters. The number of rotatable bonds is 6. The van der Waals surface area contributed by atoms with Gasteiger partial charge in [-0.05, 0) is 31.3 Å². The molecule has 2 N–H and O–H groups in total. The molecule has 0 radical (unpaired) electrons. The Morgan fingerprint density at radius 1 is 1.07 bits per heavy atom. The molecule has 0 aliphatic rings. The average Bonchev–Trinajstić information content (AvgIpc) is 3.22. The summed E-state index contributed by atoms with van der Waals surface area (Å²) in [5.74, 6) is 0.612. The second-order valence-electron chi connectivity index (χ2n) is 5.69. The van der Waals surface area contributed by atoms with Crippen LogP contribution in [0.1, 0.15) is 18.2 Å². The van der Waals surface area contributed by atoms with Gasteiger partial charge in [-0.3, -0.25) is 9.36 Å². The van der Waals surface area contributed by atoms with Crippen molar-refractivity contribution in [2.75, 3.05) is 5.32 Å². The van der Waals surface area contributed by atoms with Crippen LogP contribution in [0.2, 0.25) is 15.1 Å². The van der Waals surface area contributed by atoms with E-state index in [0.29, 0.717) is 39.1 Å². The van der Waals surface area contributed by atoms with Gasteiger partial charge < -0.3 is 10.6 Å². The maximum Gasteiger partial charge on any atom is 0.172 e. The summed E-state index contributed by atoms with van der Waals surface area (Å²) >= 11 is 23.9. The van der Waals surface area contributed by atoms with E-state index in [1.807, 2.05) is 25.3 Å². The largest absolute Gasteiger partial charge is 0.357 e. The Bertz CT molecular complexity index is 932. The Balaban J connectivity index is 1.57. The van der Waals surface area contributed by atoms with Gasteiger partial charge in [0, 0.05) is 40.6 Å². The summed E-state index contributed by atoms with van der Waals surface area (Å²) in [6.45, 7) is 3.65. The van der Waals surface area contributed by atoms with E-state index >= 15 is 0 Å². The Labute approximate surface area is 177 Å².